The smallest absolute Gasteiger partial charge is 0.264 e. The summed E-state index contributed by atoms with van der Waals surface area (Å²) in [7, 11) is 0. The molecule has 104 valence electrons. The molecule has 0 saturated heterocycles. The van der Waals surface area contributed by atoms with Crippen LogP contribution in [0.4, 0.5) is 0 Å². The molecule has 1 aromatic heterocycles. The number of phenols is 2. The Hall–Kier alpha value is -3.03. The van der Waals surface area contributed by atoms with Crippen molar-refractivity contribution in [2.45, 2.75) is 6.42 Å². The van der Waals surface area contributed by atoms with Gasteiger partial charge in [0.15, 0.2) is 0 Å². The summed E-state index contributed by atoms with van der Waals surface area (Å²) in [6, 6.07) is 5.26. The van der Waals surface area contributed by atoms with E-state index in [0.717, 1.165) is 6.07 Å². The molecule has 0 bridgehead atoms. The maximum atomic E-state index is 11.5. The first-order valence-corrected chi connectivity index (χ1v) is 5.65. The zero-order valence-electron chi connectivity index (χ0n) is 10.3. The molecule has 0 atom stereocenters. The van der Waals surface area contributed by atoms with Crippen LogP contribution < -0.4 is 11.0 Å². The average Bonchev–Trinajstić information content (AvgIpc) is 2.77. The SMILES string of the molecule is O=C(Cc1cc(=O)[nH][nH]1)NN=Cc1ccc(O)cc1O. The lowest BCUT2D eigenvalue weighted by Gasteiger charge is -2.00. The van der Waals surface area contributed by atoms with E-state index in [0.29, 0.717) is 11.3 Å². The number of nitrogens with zero attached hydrogens (tertiary/aromatic N) is 1. The minimum absolute atomic E-state index is 0.0301. The second-order valence-electron chi connectivity index (χ2n) is 4.00. The fourth-order valence-corrected chi connectivity index (χ4v) is 1.50. The molecule has 8 nitrogen and oxygen atoms in total. The molecule has 0 unspecified atom stereocenters. The standard InChI is InChI=1S/C12H12N4O4/c17-9-2-1-7(10(18)5-9)6-13-15-11(19)3-8-4-12(20)16-14-8/h1-2,4-6,17-18H,3H2,(H,15,19)(H2,14,16,20). The van der Waals surface area contributed by atoms with Crippen LogP contribution in [0.15, 0.2) is 34.2 Å². The summed E-state index contributed by atoms with van der Waals surface area (Å²) in [4.78, 5) is 22.3. The summed E-state index contributed by atoms with van der Waals surface area (Å²) < 4.78 is 0. The molecule has 20 heavy (non-hydrogen) atoms. The number of carbonyl (C=O) groups is 1. The summed E-state index contributed by atoms with van der Waals surface area (Å²) in [5, 5.41) is 27.1. The number of hydrazone groups is 1. The predicted octanol–water partition coefficient (Wildman–Crippen LogP) is -0.193. The number of H-pyrrole nitrogens is 2. The van der Waals surface area contributed by atoms with Crippen molar-refractivity contribution in [1.29, 1.82) is 0 Å². The molecular weight excluding hydrogens is 264 g/mol. The number of phenolic OH excluding ortho intramolecular Hbond substituents is 2. The van der Waals surface area contributed by atoms with Crippen molar-refractivity contribution in [1.82, 2.24) is 15.6 Å². The third-order valence-electron chi connectivity index (χ3n) is 2.41. The number of hydrogen-bond acceptors (Lipinski definition) is 5. The van der Waals surface area contributed by atoms with Crippen molar-refractivity contribution in [3.8, 4) is 11.5 Å². The lowest BCUT2D eigenvalue weighted by Crippen LogP contribution is -2.20. The van der Waals surface area contributed by atoms with E-state index >= 15 is 0 Å². The van der Waals surface area contributed by atoms with Crippen molar-refractivity contribution in [2.75, 3.05) is 0 Å². The number of aromatic amines is 2. The quantitative estimate of drug-likeness (QED) is 0.391. The van der Waals surface area contributed by atoms with Gasteiger partial charge in [-0.2, -0.15) is 5.10 Å². The molecular formula is C12H12N4O4. The molecule has 1 aromatic carbocycles. The first kappa shape index (κ1) is 13.4. The second kappa shape index (κ2) is 5.74. The van der Waals surface area contributed by atoms with Gasteiger partial charge in [-0.3, -0.25) is 14.7 Å². The molecule has 1 heterocycles. The van der Waals surface area contributed by atoms with Crippen LogP contribution in [-0.2, 0) is 11.2 Å². The van der Waals surface area contributed by atoms with E-state index in [9.17, 15) is 14.7 Å². The maximum Gasteiger partial charge on any atom is 0.264 e. The van der Waals surface area contributed by atoms with E-state index in [2.05, 4.69) is 20.7 Å². The number of rotatable bonds is 4. The van der Waals surface area contributed by atoms with E-state index in [-0.39, 0.29) is 23.5 Å². The van der Waals surface area contributed by atoms with Crippen molar-refractivity contribution in [2.24, 2.45) is 5.10 Å². The van der Waals surface area contributed by atoms with E-state index in [1.54, 1.807) is 0 Å². The first-order chi connectivity index (χ1) is 9.54. The van der Waals surface area contributed by atoms with Crippen LogP contribution in [0.25, 0.3) is 0 Å². The number of nitrogens with one attached hydrogen (secondary N) is 3. The molecule has 0 spiro atoms. The highest BCUT2D eigenvalue weighted by molar-refractivity contribution is 5.85. The minimum atomic E-state index is -0.422. The monoisotopic (exact) mass is 276 g/mol. The van der Waals surface area contributed by atoms with Crippen LogP contribution in [0, 0.1) is 0 Å². The Morgan fingerprint density at radius 3 is 2.75 bits per heavy atom. The Labute approximate surface area is 112 Å². The Bertz CT molecular complexity index is 701. The van der Waals surface area contributed by atoms with Gasteiger partial charge < -0.3 is 15.3 Å². The number of benzene rings is 1. The number of aromatic nitrogens is 2. The van der Waals surface area contributed by atoms with E-state index < -0.39 is 5.91 Å². The summed E-state index contributed by atoms with van der Waals surface area (Å²) in [5.74, 6) is -0.646. The van der Waals surface area contributed by atoms with Gasteiger partial charge in [-0.15, -0.1) is 0 Å². The Morgan fingerprint density at radius 1 is 1.30 bits per heavy atom. The molecule has 0 aliphatic carbocycles. The topological polar surface area (TPSA) is 131 Å². The van der Waals surface area contributed by atoms with E-state index in [1.807, 2.05) is 0 Å². The fraction of sp³-hybridized carbons (Fsp3) is 0.0833. The Morgan fingerprint density at radius 2 is 2.10 bits per heavy atom. The highest BCUT2D eigenvalue weighted by Crippen LogP contribution is 2.20. The van der Waals surface area contributed by atoms with Gasteiger partial charge in [0.2, 0.25) is 5.91 Å². The number of amides is 1. The van der Waals surface area contributed by atoms with Gasteiger partial charge in [-0.1, -0.05) is 0 Å². The zero-order chi connectivity index (χ0) is 14.5. The molecule has 2 rings (SSSR count). The predicted molar refractivity (Wildman–Crippen MR) is 70.6 cm³/mol. The third kappa shape index (κ3) is 3.48. The lowest BCUT2D eigenvalue weighted by atomic mass is 10.2. The van der Waals surface area contributed by atoms with Gasteiger partial charge in [0.25, 0.3) is 5.56 Å². The molecule has 1 amide bonds. The summed E-state index contributed by atoms with van der Waals surface area (Å²) >= 11 is 0. The first-order valence-electron chi connectivity index (χ1n) is 5.65. The minimum Gasteiger partial charge on any atom is -0.508 e. The number of hydrogen-bond donors (Lipinski definition) is 5. The summed E-state index contributed by atoms with van der Waals surface area (Å²) in [5.41, 5.74) is 2.72. The third-order valence-corrected chi connectivity index (χ3v) is 2.41. The van der Waals surface area contributed by atoms with Crippen molar-refractivity contribution >= 4 is 12.1 Å². The summed E-state index contributed by atoms with van der Waals surface area (Å²) in [6.45, 7) is 0. The van der Waals surface area contributed by atoms with Gasteiger partial charge in [0, 0.05) is 23.4 Å². The largest absolute Gasteiger partial charge is 0.508 e. The summed E-state index contributed by atoms with van der Waals surface area (Å²) in [6.07, 6.45) is 1.21. The van der Waals surface area contributed by atoms with Crippen LogP contribution in [0.3, 0.4) is 0 Å². The highest BCUT2D eigenvalue weighted by atomic mass is 16.3. The van der Waals surface area contributed by atoms with Gasteiger partial charge in [0.1, 0.15) is 11.5 Å². The highest BCUT2D eigenvalue weighted by Gasteiger charge is 2.04. The van der Waals surface area contributed by atoms with Crippen LogP contribution in [0.1, 0.15) is 11.3 Å². The molecule has 0 aliphatic heterocycles. The van der Waals surface area contributed by atoms with Crippen molar-refractivity contribution < 1.29 is 15.0 Å². The number of aromatic hydroxyl groups is 2. The van der Waals surface area contributed by atoms with Gasteiger partial charge >= 0.3 is 0 Å². The normalized spacial score (nSPS) is 10.8. The molecule has 0 radical (unpaired) electrons. The lowest BCUT2D eigenvalue weighted by molar-refractivity contribution is -0.120. The molecule has 2 aromatic rings. The zero-order valence-corrected chi connectivity index (χ0v) is 10.3. The van der Waals surface area contributed by atoms with Crippen LogP contribution in [-0.4, -0.2) is 32.5 Å². The Balaban J connectivity index is 1.92. The second-order valence-corrected chi connectivity index (χ2v) is 4.00. The van der Waals surface area contributed by atoms with E-state index in [1.165, 1.54) is 24.4 Å². The molecule has 5 N–H and O–H groups in total. The maximum absolute atomic E-state index is 11.5. The molecule has 0 aliphatic rings. The average molecular weight is 276 g/mol. The van der Waals surface area contributed by atoms with Gasteiger partial charge in [-0.05, 0) is 12.1 Å². The fourth-order valence-electron chi connectivity index (χ4n) is 1.50. The Kier molecular flexibility index (Phi) is 3.85. The van der Waals surface area contributed by atoms with Crippen molar-refractivity contribution in [3.05, 3.63) is 45.9 Å². The van der Waals surface area contributed by atoms with Crippen LogP contribution >= 0.6 is 0 Å². The van der Waals surface area contributed by atoms with Crippen molar-refractivity contribution in [3.63, 3.8) is 0 Å². The molecule has 0 saturated carbocycles. The van der Waals surface area contributed by atoms with Gasteiger partial charge in [0.05, 0.1) is 12.6 Å². The molecule has 0 fully saturated rings. The van der Waals surface area contributed by atoms with Crippen LogP contribution in [0.5, 0.6) is 11.5 Å². The molecule has 8 heteroatoms. The van der Waals surface area contributed by atoms with Crippen LogP contribution in [0.2, 0.25) is 0 Å². The van der Waals surface area contributed by atoms with E-state index in [4.69, 9.17) is 5.11 Å². The van der Waals surface area contributed by atoms with Gasteiger partial charge in [-0.25, -0.2) is 5.43 Å². The number of carbonyl (C=O) groups excluding carboxylic acids is 1.